The van der Waals surface area contributed by atoms with Crippen LogP contribution in [-0.2, 0) is 5.41 Å². The van der Waals surface area contributed by atoms with E-state index >= 15 is 0 Å². The monoisotopic (exact) mass is 559 g/mol. The minimum atomic E-state index is 0.129. The Bertz CT molecular complexity index is 1220. The van der Waals surface area contributed by atoms with E-state index in [0.29, 0.717) is 0 Å². The Morgan fingerprint density at radius 1 is 0.515 bits per heavy atom. The number of hydrogen-bond donors (Lipinski definition) is 0. The highest BCUT2D eigenvalue weighted by Gasteiger charge is 2.16. The van der Waals surface area contributed by atoms with Crippen molar-refractivity contribution in [1.82, 2.24) is 0 Å². The number of rotatable bonds is 5. The molecule has 0 amide bonds. The van der Waals surface area contributed by atoms with Crippen molar-refractivity contribution in [2.45, 2.75) is 26.2 Å². The zero-order chi connectivity index (χ0) is 23.4. The molecule has 0 aliphatic rings. The van der Waals surface area contributed by atoms with E-state index in [1.165, 1.54) is 16.7 Å². The molecule has 0 saturated heterocycles. The Hall–Kier alpha value is -2.62. The molecule has 33 heavy (non-hydrogen) atoms. The number of benzene rings is 4. The highest BCUT2D eigenvalue weighted by Crippen LogP contribution is 2.36. The van der Waals surface area contributed by atoms with Gasteiger partial charge >= 0.3 is 0 Å². The van der Waals surface area contributed by atoms with Crippen LogP contribution in [0.3, 0.4) is 0 Å². The van der Waals surface area contributed by atoms with Crippen LogP contribution in [0.15, 0.2) is 106 Å². The lowest BCUT2D eigenvalue weighted by molar-refractivity contribution is 0.590. The zero-order valence-corrected chi connectivity index (χ0v) is 22.3. The first-order valence-electron chi connectivity index (χ1n) is 11.0. The summed E-state index contributed by atoms with van der Waals surface area (Å²) in [5.74, 6) is 0. The third kappa shape index (κ3) is 6.04. The van der Waals surface area contributed by atoms with E-state index in [1.54, 1.807) is 0 Å². The number of nitrogens with zero attached hydrogens (tertiary/aromatic N) is 1. The SMILES string of the molecule is CC(C)(C)c1ccc(N(c2ccc(Br)cc2)c2ccc(/C=C/c3ccc(Br)cc3)cc2)cc1. The van der Waals surface area contributed by atoms with Gasteiger partial charge in [-0.15, -0.1) is 0 Å². The molecule has 3 heteroatoms. The molecule has 0 fully saturated rings. The summed E-state index contributed by atoms with van der Waals surface area (Å²) in [6.45, 7) is 6.74. The standard InChI is InChI=1S/C30H27Br2N/c1-30(2,3)24-10-18-28(19-11-24)33(29-20-14-26(32)15-21-29)27-16-8-23(9-17-27)5-4-22-6-12-25(31)13-7-22/h4-21H,1-3H3/b5-4+. The van der Waals surface area contributed by atoms with Gasteiger partial charge in [0, 0.05) is 26.0 Å². The molecule has 0 N–H and O–H groups in total. The molecule has 0 saturated carbocycles. The average molecular weight is 561 g/mol. The van der Waals surface area contributed by atoms with Crippen LogP contribution in [0.5, 0.6) is 0 Å². The second-order valence-corrected chi connectivity index (χ2v) is 10.9. The molecule has 4 aromatic rings. The molecule has 0 aliphatic heterocycles. The predicted molar refractivity (Wildman–Crippen MR) is 151 cm³/mol. The second kappa shape index (κ2) is 10.1. The maximum absolute atomic E-state index is 3.56. The summed E-state index contributed by atoms with van der Waals surface area (Å²) in [5.41, 5.74) is 7.20. The minimum Gasteiger partial charge on any atom is -0.311 e. The molecule has 4 rings (SSSR count). The molecule has 0 spiro atoms. The third-order valence-corrected chi connectivity index (χ3v) is 6.62. The van der Waals surface area contributed by atoms with E-state index in [2.05, 4.69) is 167 Å². The zero-order valence-electron chi connectivity index (χ0n) is 19.1. The maximum atomic E-state index is 3.56. The summed E-state index contributed by atoms with van der Waals surface area (Å²) < 4.78 is 2.16. The Balaban J connectivity index is 1.65. The fourth-order valence-corrected chi connectivity index (χ4v) is 4.18. The van der Waals surface area contributed by atoms with Crippen molar-refractivity contribution in [2.24, 2.45) is 0 Å². The first-order chi connectivity index (χ1) is 15.8. The van der Waals surface area contributed by atoms with Crippen molar-refractivity contribution < 1.29 is 0 Å². The average Bonchev–Trinajstić information content (AvgIpc) is 2.81. The summed E-state index contributed by atoms with van der Waals surface area (Å²) in [6.07, 6.45) is 4.29. The molecule has 0 aromatic heterocycles. The van der Waals surface area contributed by atoms with Gasteiger partial charge in [0.15, 0.2) is 0 Å². The Labute approximate surface area is 214 Å². The summed E-state index contributed by atoms with van der Waals surface area (Å²) in [5, 5.41) is 0. The topological polar surface area (TPSA) is 3.24 Å². The molecular weight excluding hydrogens is 534 g/mol. The van der Waals surface area contributed by atoms with Gasteiger partial charge in [-0.1, -0.05) is 101 Å². The maximum Gasteiger partial charge on any atom is 0.0462 e. The van der Waals surface area contributed by atoms with E-state index in [0.717, 1.165) is 26.0 Å². The lowest BCUT2D eigenvalue weighted by Gasteiger charge is -2.27. The van der Waals surface area contributed by atoms with Crippen molar-refractivity contribution in [3.63, 3.8) is 0 Å². The smallest absolute Gasteiger partial charge is 0.0462 e. The molecular formula is C30H27Br2N. The summed E-state index contributed by atoms with van der Waals surface area (Å²) in [4.78, 5) is 2.29. The van der Waals surface area contributed by atoms with E-state index in [9.17, 15) is 0 Å². The quantitative estimate of drug-likeness (QED) is 0.219. The van der Waals surface area contributed by atoms with Gasteiger partial charge in [-0.2, -0.15) is 0 Å². The Kier molecular flexibility index (Phi) is 7.21. The van der Waals surface area contributed by atoms with Gasteiger partial charge in [0.25, 0.3) is 0 Å². The third-order valence-electron chi connectivity index (χ3n) is 5.57. The van der Waals surface area contributed by atoms with E-state index in [1.807, 2.05) is 0 Å². The lowest BCUT2D eigenvalue weighted by atomic mass is 9.87. The first kappa shape index (κ1) is 23.5. The largest absolute Gasteiger partial charge is 0.311 e. The van der Waals surface area contributed by atoms with Gasteiger partial charge in [-0.05, 0) is 82.8 Å². The van der Waals surface area contributed by atoms with Crippen molar-refractivity contribution in [3.8, 4) is 0 Å². The Morgan fingerprint density at radius 3 is 1.27 bits per heavy atom. The first-order valence-corrected chi connectivity index (χ1v) is 12.6. The van der Waals surface area contributed by atoms with E-state index < -0.39 is 0 Å². The van der Waals surface area contributed by atoms with Crippen LogP contribution in [-0.4, -0.2) is 0 Å². The fraction of sp³-hybridized carbons (Fsp3) is 0.133. The normalized spacial score (nSPS) is 11.7. The number of hydrogen-bond acceptors (Lipinski definition) is 1. The lowest BCUT2D eigenvalue weighted by Crippen LogP contribution is -2.13. The highest BCUT2D eigenvalue weighted by molar-refractivity contribution is 9.10. The van der Waals surface area contributed by atoms with Gasteiger partial charge in [-0.25, -0.2) is 0 Å². The van der Waals surface area contributed by atoms with Crippen molar-refractivity contribution >= 4 is 61.1 Å². The summed E-state index contributed by atoms with van der Waals surface area (Å²) in [6, 6.07) is 34.4. The second-order valence-electron chi connectivity index (χ2n) is 9.09. The molecule has 0 heterocycles. The van der Waals surface area contributed by atoms with Crippen LogP contribution in [0.4, 0.5) is 17.1 Å². The molecule has 0 radical (unpaired) electrons. The molecule has 0 bridgehead atoms. The highest BCUT2D eigenvalue weighted by atomic mass is 79.9. The van der Waals surface area contributed by atoms with Crippen molar-refractivity contribution in [1.29, 1.82) is 0 Å². The van der Waals surface area contributed by atoms with Gasteiger partial charge in [0.05, 0.1) is 0 Å². The summed E-state index contributed by atoms with van der Waals surface area (Å²) >= 11 is 7.05. The van der Waals surface area contributed by atoms with Crippen molar-refractivity contribution in [3.05, 3.63) is 123 Å². The molecule has 1 nitrogen and oxygen atoms in total. The van der Waals surface area contributed by atoms with E-state index in [4.69, 9.17) is 0 Å². The Morgan fingerprint density at radius 2 is 0.848 bits per heavy atom. The summed E-state index contributed by atoms with van der Waals surface area (Å²) in [7, 11) is 0. The van der Waals surface area contributed by atoms with E-state index in [-0.39, 0.29) is 5.41 Å². The number of anilines is 3. The number of halogens is 2. The molecule has 4 aromatic carbocycles. The van der Waals surface area contributed by atoms with Crippen LogP contribution in [0.2, 0.25) is 0 Å². The van der Waals surface area contributed by atoms with Gasteiger partial charge in [0.2, 0.25) is 0 Å². The van der Waals surface area contributed by atoms with Crippen molar-refractivity contribution in [2.75, 3.05) is 4.90 Å². The predicted octanol–water partition coefficient (Wildman–Crippen LogP) is 10.1. The molecule has 166 valence electrons. The molecule has 0 atom stereocenters. The van der Waals surface area contributed by atoms with Crippen LogP contribution in [0.25, 0.3) is 12.2 Å². The van der Waals surface area contributed by atoms with Gasteiger partial charge in [-0.3, -0.25) is 0 Å². The van der Waals surface area contributed by atoms with Crippen LogP contribution >= 0.6 is 31.9 Å². The molecule has 0 unspecified atom stereocenters. The van der Waals surface area contributed by atoms with Crippen LogP contribution in [0, 0.1) is 0 Å². The minimum absolute atomic E-state index is 0.129. The van der Waals surface area contributed by atoms with Crippen LogP contribution < -0.4 is 4.90 Å². The van der Waals surface area contributed by atoms with Gasteiger partial charge in [0.1, 0.15) is 0 Å². The van der Waals surface area contributed by atoms with Crippen LogP contribution in [0.1, 0.15) is 37.5 Å². The van der Waals surface area contributed by atoms with Gasteiger partial charge < -0.3 is 4.90 Å². The fourth-order valence-electron chi connectivity index (χ4n) is 3.65. The molecule has 0 aliphatic carbocycles.